The van der Waals surface area contributed by atoms with Crippen LogP contribution in [0, 0.1) is 22.0 Å². The van der Waals surface area contributed by atoms with Crippen molar-refractivity contribution >= 4 is 17.5 Å². The minimum Gasteiger partial charge on any atom is -0.477 e. The van der Waals surface area contributed by atoms with E-state index in [2.05, 4.69) is 32.7 Å². The Balaban J connectivity index is 3.22. The van der Waals surface area contributed by atoms with Crippen molar-refractivity contribution in [2.75, 3.05) is 18.0 Å². The minimum absolute atomic E-state index is 0.331. The van der Waals surface area contributed by atoms with E-state index in [-0.39, 0.29) is 5.56 Å². The number of carbonyl (C=O) groups is 1. The van der Waals surface area contributed by atoms with Crippen LogP contribution in [0.5, 0.6) is 0 Å². The molecule has 0 saturated heterocycles. The molecule has 7 heteroatoms. The molecular formula is C14H21N3O4. The van der Waals surface area contributed by atoms with Gasteiger partial charge in [0.05, 0.1) is 4.92 Å². The fourth-order valence-corrected chi connectivity index (χ4v) is 2.07. The first-order valence-electron chi connectivity index (χ1n) is 6.85. The molecule has 116 valence electrons. The van der Waals surface area contributed by atoms with Gasteiger partial charge in [-0.05, 0) is 11.8 Å². The van der Waals surface area contributed by atoms with E-state index in [1.165, 1.54) is 6.07 Å². The molecule has 0 atom stereocenters. The number of hydrogen-bond acceptors (Lipinski definition) is 5. The number of aromatic nitrogens is 1. The normalized spacial score (nSPS) is 11.0. The van der Waals surface area contributed by atoms with Gasteiger partial charge in [0.1, 0.15) is 17.6 Å². The van der Waals surface area contributed by atoms with Gasteiger partial charge < -0.3 is 10.0 Å². The van der Waals surface area contributed by atoms with Gasteiger partial charge in [0, 0.05) is 19.2 Å². The number of carboxylic acid groups (broad SMARTS) is 1. The average Bonchev–Trinajstić information content (AvgIpc) is 2.35. The number of nitro groups is 1. The fourth-order valence-electron chi connectivity index (χ4n) is 2.07. The summed E-state index contributed by atoms with van der Waals surface area (Å²) in [5.41, 5.74) is -0.817. The summed E-state index contributed by atoms with van der Waals surface area (Å²) in [5.74, 6) is -0.122. The van der Waals surface area contributed by atoms with Crippen molar-refractivity contribution in [1.29, 1.82) is 0 Å². The molecule has 1 heterocycles. The summed E-state index contributed by atoms with van der Waals surface area (Å²) in [5, 5.41) is 20.0. The van der Waals surface area contributed by atoms with Crippen LogP contribution in [0.2, 0.25) is 0 Å². The van der Waals surface area contributed by atoms with Crippen LogP contribution in [-0.2, 0) is 0 Å². The first-order valence-corrected chi connectivity index (χ1v) is 6.85. The van der Waals surface area contributed by atoms with E-state index >= 15 is 0 Å². The zero-order chi connectivity index (χ0) is 16.2. The van der Waals surface area contributed by atoms with Gasteiger partial charge in [0.15, 0.2) is 0 Å². The maximum Gasteiger partial charge on any atom is 0.342 e. The molecule has 1 N–H and O–H groups in total. The molecule has 1 rings (SSSR count). The van der Waals surface area contributed by atoms with Gasteiger partial charge >= 0.3 is 11.7 Å². The van der Waals surface area contributed by atoms with Gasteiger partial charge in [0.2, 0.25) is 0 Å². The van der Waals surface area contributed by atoms with Crippen molar-refractivity contribution in [3.63, 3.8) is 0 Å². The average molecular weight is 295 g/mol. The van der Waals surface area contributed by atoms with E-state index in [1.807, 2.05) is 4.90 Å². The third-order valence-corrected chi connectivity index (χ3v) is 2.79. The minimum atomic E-state index is -1.32. The standard InChI is InChI=1S/C14H21N3O4/c1-9(2)7-16(8-10(3)4)13-5-11(14(18)19)12(6-15-13)17(20)21/h5-6,9-10H,7-8H2,1-4H3,(H,18,19). The van der Waals surface area contributed by atoms with Crippen LogP contribution in [-0.4, -0.2) is 34.1 Å². The molecule has 0 aliphatic carbocycles. The second-order valence-corrected chi connectivity index (χ2v) is 5.81. The van der Waals surface area contributed by atoms with Crippen molar-refractivity contribution in [1.82, 2.24) is 4.98 Å². The van der Waals surface area contributed by atoms with E-state index in [0.717, 1.165) is 6.20 Å². The van der Waals surface area contributed by atoms with E-state index in [9.17, 15) is 14.9 Å². The Morgan fingerprint density at radius 2 is 1.86 bits per heavy atom. The summed E-state index contributed by atoms with van der Waals surface area (Å²) in [6.45, 7) is 9.63. The molecule has 0 spiro atoms. The molecule has 1 aromatic rings. The van der Waals surface area contributed by atoms with Crippen LogP contribution in [0.4, 0.5) is 11.5 Å². The monoisotopic (exact) mass is 295 g/mol. The lowest BCUT2D eigenvalue weighted by molar-refractivity contribution is -0.385. The molecule has 0 aromatic carbocycles. The first kappa shape index (κ1) is 16.9. The lowest BCUT2D eigenvalue weighted by atomic mass is 10.1. The second kappa shape index (κ2) is 7.01. The highest BCUT2D eigenvalue weighted by atomic mass is 16.6. The van der Waals surface area contributed by atoms with Gasteiger partial charge in [-0.3, -0.25) is 10.1 Å². The molecule has 0 saturated carbocycles. The smallest absolute Gasteiger partial charge is 0.342 e. The highest BCUT2D eigenvalue weighted by Gasteiger charge is 2.23. The second-order valence-electron chi connectivity index (χ2n) is 5.81. The largest absolute Gasteiger partial charge is 0.477 e. The van der Waals surface area contributed by atoms with Crippen molar-refractivity contribution in [3.8, 4) is 0 Å². The quantitative estimate of drug-likeness (QED) is 0.613. The predicted octanol–water partition coefficient (Wildman–Crippen LogP) is 2.81. The van der Waals surface area contributed by atoms with Gasteiger partial charge in [-0.25, -0.2) is 9.78 Å². The SMILES string of the molecule is CC(C)CN(CC(C)C)c1cc(C(=O)O)c([N+](=O)[O-])cn1. The van der Waals surface area contributed by atoms with Gasteiger partial charge in [0.25, 0.3) is 0 Å². The van der Waals surface area contributed by atoms with Crippen LogP contribution in [0.25, 0.3) is 0 Å². The predicted molar refractivity (Wildman–Crippen MR) is 79.7 cm³/mol. The molecule has 0 unspecified atom stereocenters. The van der Waals surface area contributed by atoms with Crippen LogP contribution < -0.4 is 4.90 Å². The summed E-state index contributed by atoms with van der Waals surface area (Å²) in [6, 6.07) is 1.28. The van der Waals surface area contributed by atoms with E-state index in [1.54, 1.807) is 0 Å². The molecule has 0 fully saturated rings. The van der Waals surface area contributed by atoms with Crippen LogP contribution in [0.1, 0.15) is 38.1 Å². The highest BCUT2D eigenvalue weighted by Crippen LogP contribution is 2.23. The number of rotatable bonds is 7. The van der Waals surface area contributed by atoms with Crippen LogP contribution in [0.15, 0.2) is 12.3 Å². The number of anilines is 1. The summed E-state index contributed by atoms with van der Waals surface area (Å²) in [7, 11) is 0. The van der Waals surface area contributed by atoms with Crippen molar-refractivity contribution in [2.24, 2.45) is 11.8 Å². The first-order chi connectivity index (χ1) is 9.72. The van der Waals surface area contributed by atoms with E-state index < -0.39 is 16.6 Å². The topological polar surface area (TPSA) is 96.6 Å². The Labute approximate surface area is 123 Å². The number of aromatic carboxylic acids is 1. The molecule has 0 aliphatic heterocycles. The summed E-state index contributed by atoms with van der Waals surface area (Å²) >= 11 is 0. The Hall–Kier alpha value is -2.18. The zero-order valence-corrected chi connectivity index (χ0v) is 12.7. The molecule has 0 amide bonds. The lowest BCUT2D eigenvalue weighted by Crippen LogP contribution is -2.32. The Kier molecular flexibility index (Phi) is 5.63. The zero-order valence-electron chi connectivity index (χ0n) is 12.7. The molecule has 0 bridgehead atoms. The maximum atomic E-state index is 11.2. The molecular weight excluding hydrogens is 274 g/mol. The Morgan fingerprint density at radius 1 is 1.33 bits per heavy atom. The summed E-state index contributed by atoms with van der Waals surface area (Å²) < 4.78 is 0. The number of carboxylic acids is 1. The maximum absolute atomic E-state index is 11.2. The molecule has 1 aromatic heterocycles. The molecule has 0 radical (unpaired) electrons. The van der Waals surface area contributed by atoms with Gasteiger partial charge in [-0.15, -0.1) is 0 Å². The molecule has 21 heavy (non-hydrogen) atoms. The molecule has 7 nitrogen and oxygen atoms in total. The van der Waals surface area contributed by atoms with Crippen molar-refractivity contribution in [3.05, 3.63) is 27.9 Å². The third kappa shape index (κ3) is 4.70. The van der Waals surface area contributed by atoms with E-state index in [0.29, 0.717) is 30.7 Å². The van der Waals surface area contributed by atoms with Crippen LogP contribution >= 0.6 is 0 Å². The number of pyridine rings is 1. The Bertz CT molecular complexity index is 519. The third-order valence-electron chi connectivity index (χ3n) is 2.79. The van der Waals surface area contributed by atoms with Crippen molar-refractivity contribution in [2.45, 2.75) is 27.7 Å². The summed E-state index contributed by atoms with van der Waals surface area (Å²) in [4.78, 5) is 27.4. The highest BCUT2D eigenvalue weighted by molar-refractivity contribution is 5.93. The number of hydrogen-bond donors (Lipinski definition) is 1. The fraction of sp³-hybridized carbons (Fsp3) is 0.571. The van der Waals surface area contributed by atoms with Gasteiger partial charge in [-0.2, -0.15) is 0 Å². The van der Waals surface area contributed by atoms with Crippen molar-refractivity contribution < 1.29 is 14.8 Å². The lowest BCUT2D eigenvalue weighted by Gasteiger charge is -2.27. The summed E-state index contributed by atoms with van der Waals surface area (Å²) in [6.07, 6.45) is 1.02. The Morgan fingerprint density at radius 3 is 2.24 bits per heavy atom. The van der Waals surface area contributed by atoms with E-state index in [4.69, 9.17) is 5.11 Å². The van der Waals surface area contributed by atoms with Gasteiger partial charge in [-0.1, -0.05) is 27.7 Å². The van der Waals surface area contributed by atoms with Crippen LogP contribution in [0.3, 0.4) is 0 Å². The molecule has 0 aliphatic rings. The number of nitrogens with zero attached hydrogens (tertiary/aromatic N) is 3.